The molecule has 2 aliphatic carbocycles. The monoisotopic (exact) mass is 481 g/mol. The molecule has 4 rings (SSSR count). The average molecular weight is 482 g/mol. The van der Waals surface area contributed by atoms with Crippen molar-refractivity contribution in [2.45, 2.75) is 76.4 Å². The lowest BCUT2D eigenvalue weighted by Crippen LogP contribution is -2.48. The summed E-state index contributed by atoms with van der Waals surface area (Å²) in [5.41, 5.74) is 7.21. The maximum atomic E-state index is 14.7. The number of halogens is 1. The number of likely N-dealkylation sites (N-methyl/N-ethyl adjacent to an activating group) is 1. The number of phenolic OH excluding ortho intramolecular Hbond substituents is 1. The third-order valence-corrected chi connectivity index (χ3v) is 7.12. The van der Waals surface area contributed by atoms with Gasteiger partial charge in [-0.15, -0.1) is 10.2 Å². The van der Waals surface area contributed by atoms with E-state index in [0.29, 0.717) is 23.7 Å². The number of aromatic hydroxyl groups is 1. The van der Waals surface area contributed by atoms with E-state index in [1.807, 2.05) is 6.07 Å². The van der Waals surface area contributed by atoms with E-state index in [1.54, 1.807) is 6.07 Å². The lowest BCUT2D eigenvalue weighted by atomic mass is 9.80. The van der Waals surface area contributed by atoms with E-state index in [4.69, 9.17) is 5.73 Å². The minimum Gasteiger partial charge on any atom is -0.507 e. The molecule has 0 spiro atoms. The van der Waals surface area contributed by atoms with E-state index < -0.39 is 5.82 Å². The molecule has 0 bridgehead atoms. The summed E-state index contributed by atoms with van der Waals surface area (Å²) in [6.45, 7) is 4.47. The second-order valence-electron chi connectivity index (χ2n) is 10.5. The molecule has 7 nitrogen and oxygen atoms in total. The van der Waals surface area contributed by atoms with Crippen LogP contribution in [-0.4, -0.2) is 45.9 Å². The first-order chi connectivity index (χ1) is 16.7. The number of aromatic nitrogens is 2. The van der Waals surface area contributed by atoms with Gasteiger partial charge in [-0.2, -0.15) is 0 Å². The van der Waals surface area contributed by atoms with Gasteiger partial charge in [-0.05, 0) is 75.3 Å². The molecule has 1 aromatic carbocycles. The highest BCUT2D eigenvalue weighted by Crippen LogP contribution is 2.39. The van der Waals surface area contributed by atoms with Crippen molar-refractivity contribution in [3.63, 3.8) is 0 Å². The molecule has 4 N–H and O–H groups in total. The summed E-state index contributed by atoms with van der Waals surface area (Å²) in [6.07, 6.45) is 10.2. The van der Waals surface area contributed by atoms with Crippen molar-refractivity contribution < 1.29 is 14.3 Å². The first-order valence-corrected chi connectivity index (χ1v) is 12.5. The summed E-state index contributed by atoms with van der Waals surface area (Å²) in [5, 5.41) is 21.8. The molecule has 1 heterocycles. The number of nitrogens with two attached hydrogens (primary N) is 1. The topological polar surface area (TPSA) is 104 Å². The number of anilines is 1. The minimum atomic E-state index is -0.561. The van der Waals surface area contributed by atoms with Crippen molar-refractivity contribution in [2.75, 3.05) is 11.9 Å². The molecule has 35 heavy (non-hydrogen) atoms. The van der Waals surface area contributed by atoms with Gasteiger partial charge in [-0.3, -0.25) is 4.79 Å². The van der Waals surface area contributed by atoms with Gasteiger partial charge in [0.05, 0.1) is 5.69 Å². The number of nitrogens with one attached hydrogen (secondary N) is 1. The van der Waals surface area contributed by atoms with Crippen LogP contribution >= 0.6 is 0 Å². The van der Waals surface area contributed by atoms with Crippen LogP contribution in [0.3, 0.4) is 0 Å². The van der Waals surface area contributed by atoms with Gasteiger partial charge in [0.1, 0.15) is 11.6 Å². The maximum Gasteiger partial charge on any atom is 0.243 e. The van der Waals surface area contributed by atoms with E-state index >= 15 is 0 Å². The molecule has 1 amide bonds. The summed E-state index contributed by atoms with van der Waals surface area (Å²) in [7, 11) is 1.49. The summed E-state index contributed by atoms with van der Waals surface area (Å²) in [4.78, 5) is 13.8. The van der Waals surface area contributed by atoms with Gasteiger partial charge in [-0.25, -0.2) is 4.39 Å². The van der Waals surface area contributed by atoms with Crippen LogP contribution in [0.15, 0.2) is 30.3 Å². The number of phenols is 1. The van der Waals surface area contributed by atoms with Crippen molar-refractivity contribution in [1.82, 2.24) is 15.5 Å². The fourth-order valence-electron chi connectivity index (χ4n) is 5.16. The summed E-state index contributed by atoms with van der Waals surface area (Å²) in [5.74, 6) is 0.379. The van der Waals surface area contributed by atoms with Gasteiger partial charge in [0.2, 0.25) is 5.91 Å². The highest BCUT2D eigenvalue weighted by Gasteiger charge is 2.39. The SMILES string of the molecule is CNC(=O)/C=C/c1cc(O)c(-c2ccc(N(C3CC3)[C@H]3C[C@H](C)CCC[C@@](C)(N)C3)nn2)cc1F. The fraction of sp³-hybridized carbons (Fsp3) is 0.519. The number of carbonyl (C=O) groups is 1. The average Bonchev–Trinajstić information content (AvgIpc) is 3.63. The summed E-state index contributed by atoms with van der Waals surface area (Å²) >= 11 is 0. The van der Waals surface area contributed by atoms with Crippen LogP contribution in [-0.2, 0) is 4.79 Å². The molecule has 0 aliphatic heterocycles. The molecule has 188 valence electrons. The van der Waals surface area contributed by atoms with Gasteiger partial charge < -0.3 is 21.1 Å². The zero-order chi connectivity index (χ0) is 25.2. The third-order valence-electron chi connectivity index (χ3n) is 7.12. The zero-order valence-electron chi connectivity index (χ0n) is 20.8. The zero-order valence-corrected chi connectivity index (χ0v) is 20.8. The standard InChI is InChI=1S/C27H36FN5O2/c1-17-5-4-12-27(2,29)16-20(13-17)33(19-7-8-19)25-10-9-23(31-32-25)21-15-22(28)18(14-24(21)34)6-11-26(35)30-3/h6,9-11,14-15,17,19-20,34H,4-5,7-8,12-13,16,29H2,1-3H3,(H,30,35)/b11-6+/t17-,20+,27-/m1/s1. The highest BCUT2D eigenvalue weighted by molar-refractivity contribution is 5.91. The van der Waals surface area contributed by atoms with Crippen LogP contribution in [0.4, 0.5) is 10.2 Å². The van der Waals surface area contributed by atoms with E-state index in [-0.39, 0.29) is 28.3 Å². The highest BCUT2D eigenvalue weighted by atomic mass is 19.1. The second-order valence-corrected chi connectivity index (χ2v) is 10.5. The quantitative estimate of drug-likeness (QED) is 0.528. The molecule has 0 saturated heterocycles. The molecule has 2 fully saturated rings. The number of hydrogen-bond donors (Lipinski definition) is 3. The molecule has 3 atom stereocenters. The van der Waals surface area contributed by atoms with E-state index in [9.17, 15) is 14.3 Å². The predicted molar refractivity (Wildman–Crippen MR) is 136 cm³/mol. The molecular weight excluding hydrogens is 445 g/mol. The number of carbonyl (C=O) groups excluding carboxylic acids is 1. The lowest BCUT2D eigenvalue weighted by Gasteiger charge is -2.41. The van der Waals surface area contributed by atoms with Crippen molar-refractivity contribution in [3.05, 3.63) is 41.7 Å². The van der Waals surface area contributed by atoms with Gasteiger partial charge in [0.25, 0.3) is 0 Å². The van der Waals surface area contributed by atoms with E-state index in [2.05, 4.69) is 34.3 Å². The van der Waals surface area contributed by atoms with Gasteiger partial charge in [0.15, 0.2) is 5.82 Å². The molecule has 2 aliphatic rings. The van der Waals surface area contributed by atoms with Crippen LogP contribution in [0.1, 0.15) is 64.4 Å². The number of hydrogen-bond acceptors (Lipinski definition) is 6. The maximum absolute atomic E-state index is 14.7. The van der Waals surface area contributed by atoms with Gasteiger partial charge in [0, 0.05) is 41.9 Å². The third kappa shape index (κ3) is 6.17. The lowest BCUT2D eigenvalue weighted by molar-refractivity contribution is -0.115. The van der Waals surface area contributed by atoms with E-state index in [0.717, 1.165) is 37.9 Å². The van der Waals surface area contributed by atoms with Crippen LogP contribution in [0, 0.1) is 11.7 Å². The first kappa shape index (κ1) is 25.1. The fourth-order valence-corrected chi connectivity index (χ4v) is 5.16. The smallest absolute Gasteiger partial charge is 0.243 e. The Hall–Kier alpha value is -3.00. The molecule has 2 saturated carbocycles. The van der Waals surface area contributed by atoms with Crippen LogP contribution in [0.5, 0.6) is 5.75 Å². The Labute approximate surface area is 206 Å². The van der Waals surface area contributed by atoms with Gasteiger partial charge in [-0.1, -0.05) is 19.8 Å². The Morgan fingerprint density at radius 1 is 1.26 bits per heavy atom. The van der Waals surface area contributed by atoms with Crippen LogP contribution in [0.25, 0.3) is 17.3 Å². The number of amides is 1. The van der Waals surface area contributed by atoms with Crippen molar-refractivity contribution >= 4 is 17.8 Å². The Morgan fingerprint density at radius 2 is 2.03 bits per heavy atom. The summed E-state index contributed by atoms with van der Waals surface area (Å²) < 4.78 is 14.7. The van der Waals surface area contributed by atoms with Crippen molar-refractivity contribution in [2.24, 2.45) is 11.7 Å². The Kier molecular flexibility index (Phi) is 7.40. The second kappa shape index (κ2) is 10.3. The predicted octanol–water partition coefficient (Wildman–Crippen LogP) is 4.40. The Morgan fingerprint density at radius 3 is 2.69 bits per heavy atom. The number of rotatable bonds is 6. The Bertz CT molecular complexity index is 1080. The molecule has 0 radical (unpaired) electrons. The molecular formula is C27H36FN5O2. The minimum absolute atomic E-state index is 0.113. The van der Waals surface area contributed by atoms with Crippen LogP contribution < -0.4 is 16.0 Å². The van der Waals surface area contributed by atoms with Crippen LogP contribution in [0.2, 0.25) is 0 Å². The Balaban J connectivity index is 1.59. The number of benzene rings is 1. The largest absolute Gasteiger partial charge is 0.507 e. The molecule has 2 aromatic rings. The number of nitrogens with zero attached hydrogens (tertiary/aromatic N) is 3. The molecule has 0 unspecified atom stereocenters. The van der Waals surface area contributed by atoms with Crippen molar-refractivity contribution in [1.29, 1.82) is 0 Å². The van der Waals surface area contributed by atoms with Gasteiger partial charge >= 0.3 is 0 Å². The molecule has 1 aromatic heterocycles. The van der Waals surface area contributed by atoms with E-state index in [1.165, 1.54) is 44.2 Å². The van der Waals surface area contributed by atoms with Crippen molar-refractivity contribution in [3.8, 4) is 17.0 Å². The normalized spacial score (nSPS) is 25.2. The summed E-state index contributed by atoms with van der Waals surface area (Å²) in [6, 6.07) is 6.94. The molecule has 8 heteroatoms. The first-order valence-electron chi connectivity index (χ1n) is 12.5.